The van der Waals surface area contributed by atoms with E-state index in [9.17, 15) is 0 Å². The number of nitrogens with one attached hydrogen (secondary N) is 1. The number of anilines is 1. The molecule has 0 heterocycles. The lowest BCUT2D eigenvalue weighted by Gasteiger charge is -2.30. The summed E-state index contributed by atoms with van der Waals surface area (Å²) < 4.78 is 0. The molecule has 3 heteroatoms. The highest BCUT2D eigenvalue weighted by atomic mass is 35.5. The van der Waals surface area contributed by atoms with Gasteiger partial charge in [0.25, 0.3) is 0 Å². The number of hydrogen-bond acceptors (Lipinski definition) is 2. The van der Waals surface area contributed by atoms with E-state index in [4.69, 9.17) is 11.6 Å². The van der Waals surface area contributed by atoms with Gasteiger partial charge >= 0.3 is 0 Å². The van der Waals surface area contributed by atoms with Crippen LogP contribution in [0.5, 0.6) is 0 Å². The van der Waals surface area contributed by atoms with Crippen LogP contribution in [0.3, 0.4) is 0 Å². The third kappa shape index (κ3) is 4.37. The molecule has 0 aromatic heterocycles. The molecular formula is C18H29ClN2. The van der Waals surface area contributed by atoms with Crippen LogP contribution in [0.25, 0.3) is 0 Å². The fraction of sp³-hybridized carbons (Fsp3) is 0.667. The number of hydrogen-bond donors (Lipinski definition) is 1. The molecule has 1 saturated carbocycles. The average Bonchev–Trinajstić information content (AvgIpc) is 2.75. The topological polar surface area (TPSA) is 15.3 Å². The predicted molar refractivity (Wildman–Crippen MR) is 93.4 cm³/mol. The van der Waals surface area contributed by atoms with E-state index in [1.54, 1.807) is 0 Å². The number of rotatable bonds is 5. The monoisotopic (exact) mass is 308 g/mol. The van der Waals surface area contributed by atoms with Gasteiger partial charge < -0.3 is 10.2 Å². The fourth-order valence-electron chi connectivity index (χ4n) is 3.36. The molecule has 0 bridgehead atoms. The van der Waals surface area contributed by atoms with Crippen LogP contribution in [0.4, 0.5) is 5.69 Å². The first-order valence-electron chi connectivity index (χ1n) is 8.39. The van der Waals surface area contributed by atoms with Gasteiger partial charge in [-0.05, 0) is 44.0 Å². The highest BCUT2D eigenvalue weighted by molar-refractivity contribution is 6.31. The van der Waals surface area contributed by atoms with Crippen LogP contribution in [0.1, 0.15) is 64.0 Å². The Morgan fingerprint density at radius 2 is 1.90 bits per heavy atom. The molecule has 1 N–H and O–H groups in total. The molecule has 118 valence electrons. The maximum absolute atomic E-state index is 6.51. The smallest absolute Gasteiger partial charge is 0.0474 e. The molecule has 2 rings (SSSR count). The maximum atomic E-state index is 6.51. The second-order valence-corrected chi connectivity index (χ2v) is 6.65. The summed E-state index contributed by atoms with van der Waals surface area (Å²) in [6.07, 6.45) is 8.12. The van der Waals surface area contributed by atoms with Gasteiger partial charge in [-0.2, -0.15) is 0 Å². The van der Waals surface area contributed by atoms with Crippen molar-refractivity contribution >= 4 is 17.3 Å². The fourth-order valence-corrected chi connectivity index (χ4v) is 3.70. The van der Waals surface area contributed by atoms with Crippen LogP contribution >= 0.6 is 11.6 Å². The number of halogens is 1. The molecule has 0 radical (unpaired) electrons. The molecule has 21 heavy (non-hydrogen) atoms. The summed E-state index contributed by atoms with van der Waals surface area (Å²) in [6.45, 7) is 5.25. The summed E-state index contributed by atoms with van der Waals surface area (Å²) in [6, 6.07) is 7.51. The summed E-state index contributed by atoms with van der Waals surface area (Å²) in [7, 11) is 2.22. The van der Waals surface area contributed by atoms with Gasteiger partial charge in [0, 0.05) is 29.8 Å². The summed E-state index contributed by atoms with van der Waals surface area (Å²) in [5.41, 5.74) is 2.44. The Hall–Kier alpha value is -0.730. The molecule has 0 saturated heterocycles. The van der Waals surface area contributed by atoms with Crippen LogP contribution < -0.4 is 10.2 Å². The van der Waals surface area contributed by atoms with Gasteiger partial charge in [-0.3, -0.25) is 0 Å². The van der Waals surface area contributed by atoms with Crippen LogP contribution in [0.2, 0.25) is 5.02 Å². The lowest BCUT2D eigenvalue weighted by Crippen LogP contribution is -2.31. The molecule has 1 aromatic carbocycles. The Kier molecular flexibility index (Phi) is 6.38. The van der Waals surface area contributed by atoms with Crippen molar-refractivity contribution in [1.82, 2.24) is 5.32 Å². The SMILES string of the molecule is CCNC(C)c1ccc(N(C)C2CCCCCC2)cc1Cl. The standard InChI is InChI=1S/C18H29ClN2/c1-4-20-14(2)17-12-11-16(13-18(17)19)21(3)15-9-7-5-6-8-10-15/h11-15,20H,4-10H2,1-3H3. The number of nitrogens with zero attached hydrogens (tertiary/aromatic N) is 1. The van der Waals surface area contributed by atoms with Crippen LogP contribution in [-0.2, 0) is 0 Å². The normalized spacial score (nSPS) is 18.3. The second-order valence-electron chi connectivity index (χ2n) is 6.24. The summed E-state index contributed by atoms with van der Waals surface area (Å²) in [5, 5.41) is 4.30. The van der Waals surface area contributed by atoms with E-state index in [0.717, 1.165) is 11.6 Å². The highest BCUT2D eigenvalue weighted by Gasteiger charge is 2.18. The summed E-state index contributed by atoms with van der Waals surface area (Å²) >= 11 is 6.51. The molecule has 0 aliphatic heterocycles. The minimum atomic E-state index is 0.305. The largest absolute Gasteiger partial charge is 0.372 e. The molecule has 1 aliphatic carbocycles. The van der Waals surface area contributed by atoms with Gasteiger partial charge in [0.2, 0.25) is 0 Å². The predicted octanol–water partition coefficient (Wildman–Crippen LogP) is 5.17. The van der Waals surface area contributed by atoms with Crippen molar-refractivity contribution in [3.8, 4) is 0 Å². The first-order chi connectivity index (χ1) is 10.1. The van der Waals surface area contributed by atoms with E-state index in [1.165, 1.54) is 49.8 Å². The third-order valence-electron chi connectivity index (χ3n) is 4.74. The first kappa shape index (κ1) is 16.6. The van der Waals surface area contributed by atoms with Crippen molar-refractivity contribution in [2.24, 2.45) is 0 Å². The van der Waals surface area contributed by atoms with Gasteiger partial charge in [0.15, 0.2) is 0 Å². The molecule has 1 fully saturated rings. The van der Waals surface area contributed by atoms with Crippen molar-refractivity contribution in [2.75, 3.05) is 18.5 Å². The van der Waals surface area contributed by atoms with Crippen molar-refractivity contribution in [1.29, 1.82) is 0 Å². The Labute approximate surface area is 134 Å². The molecule has 1 aliphatic rings. The van der Waals surface area contributed by atoms with E-state index in [2.05, 4.69) is 49.3 Å². The van der Waals surface area contributed by atoms with Gasteiger partial charge in [-0.1, -0.05) is 50.3 Å². The van der Waals surface area contributed by atoms with E-state index in [0.29, 0.717) is 12.1 Å². The molecule has 2 nitrogen and oxygen atoms in total. The Balaban J connectivity index is 2.11. The third-order valence-corrected chi connectivity index (χ3v) is 5.07. The molecule has 1 unspecified atom stereocenters. The molecular weight excluding hydrogens is 280 g/mol. The zero-order valence-corrected chi connectivity index (χ0v) is 14.4. The Morgan fingerprint density at radius 3 is 2.48 bits per heavy atom. The Morgan fingerprint density at radius 1 is 1.24 bits per heavy atom. The first-order valence-corrected chi connectivity index (χ1v) is 8.77. The van der Waals surface area contributed by atoms with Crippen molar-refractivity contribution in [3.63, 3.8) is 0 Å². The van der Waals surface area contributed by atoms with Crippen LogP contribution in [0.15, 0.2) is 18.2 Å². The van der Waals surface area contributed by atoms with E-state index in [1.807, 2.05) is 0 Å². The quantitative estimate of drug-likeness (QED) is 0.755. The second kappa shape index (κ2) is 8.05. The van der Waals surface area contributed by atoms with Gasteiger partial charge in [0.05, 0.1) is 0 Å². The molecule has 1 aromatic rings. The summed E-state index contributed by atoms with van der Waals surface area (Å²) in [4.78, 5) is 2.43. The van der Waals surface area contributed by atoms with E-state index < -0.39 is 0 Å². The van der Waals surface area contributed by atoms with E-state index >= 15 is 0 Å². The zero-order chi connectivity index (χ0) is 15.2. The average molecular weight is 309 g/mol. The minimum Gasteiger partial charge on any atom is -0.372 e. The Bertz CT molecular complexity index is 439. The van der Waals surface area contributed by atoms with Gasteiger partial charge in [-0.15, -0.1) is 0 Å². The highest BCUT2D eigenvalue weighted by Crippen LogP contribution is 2.30. The van der Waals surface area contributed by atoms with Crippen molar-refractivity contribution in [2.45, 2.75) is 64.5 Å². The van der Waals surface area contributed by atoms with Crippen LogP contribution in [0, 0.1) is 0 Å². The van der Waals surface area contributed by atoms with Crippen molar-refractivity contribution < 1.29 is 0 Å². The van der Waals surface area contributed by atoms with Crippen molar-refractivity contribution in [3.05, 3.63) is 28.8 Å². The summed E-state index contributed by atoms with van der Waals surface area (Å²) in [5.74, 6) is 0. The maximum Gasteiger partial charge on any atom is 0.0474 e. The zero-order valence-electron chi connectivity index (χ0n) is 13.7. The van der Waals surface area contributed by atoms with E-state index in [-0.39, 0.29) is 0 Å². The van der Waals surface area contributed by atoms with Gasteiger partial charge in [0.1, 0.15) is 0 Å². The number of benzene rings is 1. The molecule has 0 spiro atoms. The lowest BCUT2D eigenvalue weighted by molar-refractivity contribution is 0.552. The van der Waals surface area contributed by atoms with Crippen LogP contribution in [-0.4, -0.2) is 19.6 Å². The molecule has 1 atom stereocenters. The molecule has 0 amide bonds. The minimum absolute atomic E-state index is 0.305. The van der Waals surface area contributed by atoms with Gasteiger partial charge in [-0.25, -0.2) is 0 Å². The lowest BCUT2D eigenvalue weighted by atomic mass is 10.0.